The Labute approximate surface area is 113 Å². The van der Waals surface area contributed by atoms with E-state index >= 15 is 0 Å². The van der Waals surface area contributed by atoms with Crippen LogP contribution in [-0.2, 0) is 11.3 Å². The molecule has 4 nitrogen and oxygen atoms in total. The van der Waals surface area contributed by atoms with E-state index in [4.69, 9.17) is 4.74 Å². The van der Waals surface area contributed by atoms with E-state index in [0.29, 0.717) is 6.61 Å². The van der Waals surface area contributed by atoms with E-state index in [1.807, 2.05) is 12.1 Å². The highest BCUT2D eigenvalue weighted by Crippen LogP contribution is 2.27. The lowest BCUT2D eigenvalue weighted by molar-refractivity contribution is 0.185. The molecular formula is C15H19N3O. The topological polar surface area (TPSA) is 47.0 Å². The monoisotopic (exact) mass is 257 g/mol. The Hall–Kier alpha value is -1.94. The van der Waals surface area contributed by atoms with E-state index < -0.39 is 0 Å². The van der Waals surface area contributed by atoms with Gasteiger partial charge in [-0.1, -0.05) is 31.2 Å². The molecule has 0 amide bonds. The Morgan fingerprint density at radius 2 is 1.95 bits per heavy atom. The molecule has 2 rings (SSSR count). The molecule has 0 aliphatic carbocycles. The molecule has 0 aliphatic rings. The van der Waals surface area contributed by atoms with Gasteiger partial charge < -0.3 is 10.1 Å². The molecule has 0 aliphatic heterocycles. The fourth-order valence-electron chi connectivity index (χ4n) is 1.94. The van der Waals surface area contributed by atoms with Gasteiger partial charge in [-0.3, -0.25) is 4.98 Å². The fraction of sp³-hybridized carbons (Fsp3) is 0.333. The number of benzene rings is 1. The van der Waals surface area contributed by atoms with Gasteiger partial charge in [0.1, 0.15) is 5.69 Å². The van der Waals surface area contributed by atoms with E-state index in [2.05, 4.69) is 34.3 Å². The summed E-state index contributed by atoms with van der Waals surface area (Å²) in [6, 6.07) is 8.12. The van der Waals surface area contributed by atoms with E-state index in [1.165, 1.54) is 0 Å². The molecule has 0 saturated heterocycles. The minimum Gasteiger partial charge on any atom is -0.380 e. The van der Waals surface area contributed by atoms with Crippen molar-refractivity contribution in [2.75, 3.05) is 19.0 Å². The molecule has 2 aromatic rings. The first-order valence-electron chi connectivity index (χ1n) is 6.49. The lowest BCUT2D eigenvalue weighted by atomic mass is 10.0. The number of rotatable bonds is 6. The zero-order valence-corrected chi connectivity index (χ0v) is 11.4. The number of ether oxygens (including phenoxy) is 1. The number of hydrogen-bond donors (Lipinski definition) is 1. The van der Waals surface area contributed by atoms with Crippen LogP contribution in [0.15, 0.2) is 36.7 Å². The Morgan fingerprint density at radius 1 is 1.16 bits per heavy atom. The molecule has 0 radical (unpaired) electrons. The molecule has 19 heavy (non-hydrogen) atoms. The van der Waals surface area contributed by atoms with Gasteiger partial charge in [-0.15, -0.1) is 0 Å². The zero-order valence-electron chi connectivity index (χ0n) is 11.4. The summed E-state index contributed by atoms with van der Waals surface area (Å²) in [5.74, 6) is 0.827. The minimum atomic E-state index is 0.569. The van der Waals surface area contributed by atoms with Crippen molar-refractivity contribution in [2.24, 2.45) is 0 Å². The van der Waals surface area contributed by atoms with Crippen LogP contribution in [-0.4, -0.2) is 23.6 Å². The highest BCUT2D eigenvalue weighted by atomic mass is 16.5. The Morgan fingerprint density at radius 3 is 2.74 bits per heavy atom. The summed E-state index contributed by atoms with van der Waals surface area (Å²) >= 11 is 0. The van der Waals surface area contributed by atoms with Gasteiger partial charge in [-0.2, -0.15) is 0 Å². The Bertz CT molecular complexity index is 528. The predicted molar refractivity (Wildman–Crippen MR) is 77.0 cm³/mol. The first kappa shape index (κ1) is 13.5. The number of anilines is 1. The lowest BCUT2D eigenvalue weighted by Crippen LogP contribution is -2.05. The smallest absolute Gasteiger partial charge is 0.152 e. The van der Waals surface area contributed by atoms with Crippen LogP contribution < -0.4 is 5.32 Å². The molecule has 1 aromatic heterocycles. The van der Waals surface area contributed by atoms with Crippen LogP contribution in [0.1, 0.15) is 18.9 Å². The molecular weight excluding hydrogens is 238 g/mol. The van der Waals surface area contributed by atoms with Gasteiger partial charge in [-0.25, -0.2) is 4.98 Å². The van der Waals surface area contributed by atoms with Crippen molar-refractivity contribution < 1.29 is 4.74 Å². The predicted octanol–water partition coefficient (Wildman–Crippen LogP) is 3.11. The number of methoxy groups -OCH3 is 1. The van der Waals surface area contributed by atoms with Gasteiger partial charge in [0.25, 0.3) is 0 Å². The summed E-state index contributed by atoms with van der Waals surface area (Å²) in [6.45, 7) is 3.58. The normalized spacial score (nSPS) is 10.4. The van der Waals surface area contributed by atoms with Crippen LogP contribution in [0, 0.1) is 0 Å². The van der Waals surface area contributed by atoms with Gasteiger partial charge in [0, 0.05) is 31.6 Å². The number of nitrogens with zero attached hydrogens (tertiary/aromatic N) is 2. The largest absolute Gasteiger partial charge is 0.380 e. The average molecular weight is 257 g/mol. The maximum atomic E-state index is 5.24. The molecule has 100 valence electrons. The van der Waals surface area contributed by atoms with Crippen molar-refractivity contribution in [3.05, 3.63) is 42.2 Å². The van der Waals surface area contributed by atoms with Crippen LogP contribution in [0.3, 0.4) is 0 Å². The summed E-state index contributed by atoms with van der Waals surface area (Å²) in [5, 5.41) is 3.32. The third-order valence-corrected chi connectivity index (χ3v) is 2.81. The molecule has 0 spiro atoms. The van der Waals surface area contributed by atoms with Crippen LogP contribution in [0.5, 0.6) is 0 Å². The molecule has 0 bridgehead atoms. The number of nitrogens with one attached hydrogen (secondary N) is 1. The van der Waals surface area contributed by atoms with Gasteiger partial charge in [0.2, 0.25) is 0 Å². The molecule has 0 unspecified atom stereocenters. The second kappa shape index (κ2) is 6.85. The highest BCUT2D eigenvalue weighted by Gasteiger charge is 2.11. The molecule has 0 saturated carbocycles. The van der Waals surface area contributed by atoms with E-state index in [-0.39, 0.29) is 0 Å². The summed E-state index contributed by atoms with van der Waals surface area (Å²) in [6.07, 6.45) is 4.48. The number of hydrogen-bond acceptors (Lipinski definition) is 4. The molecule has 1 heterocycles. The molecule has 1 aromatic carbocycles. The first-order chi connectivity index (χ1) is 9.36. The van der Waals surface area contributed by atoms with Gasteiger partial charge in [0.15, 0.2) is 5.82 Å². The van der Waals surface area contributed by atoms with Gasteiger partial charge in [-0.05, 0) is 12.0 Å². The van der Waals surface area contributed by atoms with Crippen LogP contribution in [0.25, 0.3) is 11.3 Å². The van der Waals surface area contributed by atoms with Crippen molar-refractivity contribution in [2.45, 2.75) is 20.0 Å². The molecule has 0 fully saturated rings. The van der Waals surface area contributed by atoms with Crippen LogP contribution in [0.2, 0.25) is 0 Å². The van der Waals surface area contributed by atoms with Crippen molar-refractivity contribution in [1.82, 2.24) is 9.97 Å². The van der Waals surface area contributed by atoms with Crippen LogP contribution >= 0.6 is 0 Å². The number of aromatic nitrogens is 2. The van der Waals surface area contributed by atoms with Gasteiger partial charge in [0.05, 0.1) is 6.61 Å². The zero-order chi connectivity index (χ0) is 13.5. The Kier molecular flexibility index (Phi) is 4.86. The molecule has 0 atom stereocenters. The summed E-state index contributed by atoms with van der Waals surface area (Å²) < 4.78 is 5.24. The third-order valence-electron chi connectivity index (χ3n) is 2.81. The maximum absolute atomic E-state index is 5.24. The lowest BCUT2D eigenvalue weighted by Gasteiger charge is -2.12. The third kappa shape index (κ3) is 3.29. The van der Waals surface area contributed by atoms with Crippen molar-refractivity contribution >= 4 is 5.82 Å². The molecule has 1 N–H and O–H groups in total. The van der Waals surface area contributed by atoms with E-state index in [0.717, 1.165) is 35.6 Å². The second-order valence-electron chi connectivity index (χ2n) is 4.27. The van der Waals surface area contributed by atoms with E-state index in [1.54, 1.807) is 19.5 Å². The van der Waals surface area contributed by atoms with Gasteiger partial charge >= 0.3 is 0 Å². The first-order valence-corrected chi connectivity index (χ1v) is 6.49. The average Bonchev–Trinajstić information content (AvgIpc) is 2.46. The van der Waals surface area contributed by atoms with E-state index in [9.17, 15) is 0 Å². The quantitative estimate of drug-likeness (QED) is 0.863. The fourth-order valence-corrected chi connectivity index (χ4v) is 1.94. The van der Waals surface area contributed by atoms with Crippen LogP contribution in [0.4, 0.5) is 5.82 Å². The second-order valence-corrected chi connectivity index (χ2v) is 4.27. The standard InChI is InChI=1S/C15H19N3O/c1-3-8-17-15-14(16-9-10-18-15)13-7-5-4-6-12(13)11-19-2/h4-7,9-10H,3,8,11H2,1-2H3,(H,17,18). The van der Waals surface area contributed by atoms with Crippen molar-refractivity contribution in [1.29, 1.82) is 0 Å². The van der Waals surface area contributed by atoms with Crippen molar-refractivity contribution in [3.63, 3.8) is 0 Å². The summed E-state index contributed by atoms with van der Waals surface area (Å²) in [7, 11) is 1.70. The highest BCUT2D eigenvalue weighted by molar-refractivity contribution is 5.73. The SMILES string of the molecule is CCCNc1nccnc1-c1ccccc1COC. The Balaban J connectivity index is 2.40. The summed E-state index contributed by atoms with van der Waals surface area (Å²) in [4.78, 5) is 8.84. The van der Waals surface area contributed by atoms with Crippen molar-refractivity contribution in [3.8, 4) is 11.3 Å². The molecule has 4 heteroatoms. The minimum absolute atomic E-state index is 0.569. The summed E-state index contributed by atoms with van der Waals surface area (Å²) in [5.41, 5.74) is 3.06. The maximum Gasteiger partial charge on any atom is 0.152 e.